The maximum atomic E-state index is 5.65. The number of hydrogen-bond donors (Lipinski definition) is 3. The van der Waals surface area contributed by atoms with Gasteiger partial charge in [0, 0.05) is 6.04 Å². The third kappa shape index (κ3) is 4.69. The summed E-state index contributed by atoms with van der Waals surface area (Å²) in [6, 6.07) is 9.35. The minimum Gasteiger partial charge on any atom is -0.368 e. The van der Waals surface area contributed by atoms with E-state index in [-0.39, 0.29) is 17.9 Å². The van der Waals surface area contributed by atoms with Crippen molar-refractivity contribution in [2.24, 2.45) is 5.92 Å². The van der Waals surface area contributed by atoms with E-state index in [9.17, 15) is 0 Å². The van der Waals surface area contributed by atoms with E-state index in [2.05, 4.69) is 58.4 Å². The Morgan fingerprint density at radius 1 is 0.962 bits per heavy atom. The first-order valence-corrected chi connectivity index (χ1v) is 9.62. The molecule has 0 aliphatic heterocycles. The molecule has 1 aliphatic rings. The molecule has 0 unspecified atom stereocenters. The molecular weight excluding hydrogens is 324 g/mol. The summed E-state index contributed by atoms with van der Waals surface area (Å²) in [6.07, 6.45) is 6.77. The second-order valence-electron chi connectivity index (χ2n) is 7.57. The van der Waals surface area contributed by atoms with E-state index in [0.717, 1.165) is 5.92 Å². The van der Waals surface area contributed by atoms with Gasteiger partial charge in [-0.2, -0.15) is 15.0 Å². The van der Waals surface area contributed by atoms with Crippen molar-refractivity contribution < 1.29 is 0 Å². The van der Waals surface area contributed by atoms with Gasteiger partial charge >= 0.3 is 0 Å². The lowest BCUT2D eigenvalue weighted by Crippen LogP contribution is -2.26. The van der Waals surface area contributed by atoms with E-state index in [1.54, 1.807) is 0 Å². The fraction of sp³-hybridized carbons (Fsp3) is 0.550. The standard InChI is InChI=1S/C20H30N6/c1-13(2)18(23-12-17-24-19(21)26-20(22)25-17)16-10-8-15(9-11-16)14-6-4-3-5-7-14/h8-11,13-14,18,23H,3-7,12H2,1-2H3,(H4,21,22,24,25,26)/t18-/m0/s1. The van der Waals surface area contributed by atoms with Gasteiger partial charge in [-0.1, -0.05) is 57.4 Å². The molecule has 6 nitrogen and oxygen atoms in total. The highest BCUT2D eigenvalue weighted by Gasteiger charge is 2.19. The Labute approximate surface area is 155 Å². The quantitative estimate of drug-likeness (QED) is 0.733. The molecule has 0 amide bonds. The number of nitrogens with zero attached hydrogens (tertiary/aromatic N) is 3. The molecule has 1 aromatic heterocycles. The first kappa shape index (κ1) is 18.6. The lowest BCUT2D eigenvalue weighted by molar-refractivity contribution is 0.405. The van der Waals surface area contributed by atoms with Gasteiger partial charge in [0.25, 0.3) is 0 Å². The number of hydrogen-bond acceptors (Lipinski definition) is 6. The third-order valence-corrected chi connectivity index (χ3v) is 5.24. The van der Waals surface area contributed by atoms with Gasteiger partial charge in [-0.3, -0.25) is 0 Å². The van der Waals surface area contributed by atoms with E-state index in [1.807, 2.05) is 0 Å². The summed E-state index contributed by atoms with van der Waals surface area (Å²) in [6.45, 7) is 4.93. The molecule has 2 aromatic rings. The molecule has 26 heavy (non-hydrogen) atoms. The smallest absolute Gasteiger partial charge is 0.225 e. The van der Waals surface area contributed by atoms with Crippen LogP contribution in [0.3, 0.4) is 0 Å². The number of benzene rings is 1. The van der Waals surface area contributed by atoms with Crippen molar-refractivity contribution in [1.82, 2.24) is 20.3 Å². The number of nitrogen functional groups attached to an aromatic ring is 2. The minimum atomic E-state index is 0.159. The van der Waals surface area contributed by atoms with Crippen LogP contribution in [0.1, 0.15) is 74.9 Å². The number of rotatable bonds is 6. The Hall–Kier alpha value is -2.21. The first-order chi connectivity index (χ1) is 12.5. The minimum absolute atomic E-state index is 0.159. The van der Waals surface area contributed by atoms with Crippen molar-refractivity contribution in [1.29, 1.82) is 0 Å². The SMILES string of the molecule is CC(C)[C@H](NCc1nc(N)nc(N)n1)c1ccc(C2CCCCC2)cc1. The lowest BCUT2D eigenvalue weighted by atomic mass is 9.83. The fourth-order valence-electron chi connectivity index (χ4n) is 3.89. The van der Waals surface area contributed by atoms with Crippen molar-refractivity contribution in [2.45, 2.75) is 64.5 Å². The Morgan fingerprint density at radius 2 is 1.58 bits per heavy atom. The molecular formula is C20H30N6. The summed E-state index contributed by atoms with van der Waals surface area (Å²) in [5, 5.41) is 3.54. The van der Waals surface area contributed by atoms with Gasteiger partial charge in [-0.05, 0) is 35.8 Å². The van der Waals surface area contributed by atoms with E-state index in [4.69, 9.17) is 11.5 Å². The zero-order chi connectivity index (χ0) is 18.5. The molecule has 0 saturated heterocycles. The van der Waals surface area contributed by atoms with Gasteiger partial charge in [0.2, 0.25) is 11.9 Å². The maximum Gasteiger partial charge on any atom is 0.225 e. The van der Waals surface area contributed by atoms with E-state index < -0.39 is 0 Å². The molecule has 3 rings (SSSR count). The van der Waals surface area contributed by atoms with Crippen LogP contribution >= 0.6 is 0 Å². The van der Waals surface area contributed by atoms with E-state index in [0.29, 0.717) is 18.3 Å². The Kier molecular flexibility index (Phi) is 6.04. The molecule has 1 atom stereocenters. The highest BCUT2D eigenvalue weighted by atomic mass is 15.2. The predicted molar refractivity (Wildman–Crippen MR) is 105 cm³/mol. The van der Waals surface area contributed by atoms with Crippen LogP contribution in [0.4, 0.5) is 11.9 Å². The summed E-state index contributed by atoms with van der Waals surface area (Å²) in [4.78, 5) is 12.1. The molecule has 1 aromatic carbocycles. The van der Waals surface area contributed by atoms with Gasteiger partial charge in [-0.25, -0.2) is 0 Å². The molecule has 5 N–H and O–H groups in total. The normalized spacial score (nSPS) is 16.7. The van der Waals surface area contributed by atoms with Crippen molar-refractivity contribution in [3.05, 3.63) is 41.2 Å². The number of aromatic nitrogens is 3. The van der Waals surface area contributed by atoms with Crippen molar-refractivity contribution in [3.8, 4) is 0 Å². The third-order valence-electron chi connectivity index (χ3n) is 5.24. The second-order valence-corrected chi connectivity index (χ2v) is 7.57. The van der Waals surface area contributed by atoms with Crippen molar-refractivity contribution in [2.75, 3.05) is 11.5 Å². The van der Waals surface area contributed by atoms with Gasteiger partial charge in [0.1, 0.15) is 5.82 Å². The highest BCUT2D eigenvalue weighted by molar-refractivity contribution is 5.29. The van der Waals surface area contributed by atoms with Gasteiger partial charge in [0.15, 0.2) is 0 Å². The topological polar surface area (TPSA) is 103 Å². The maximum absolute atomic E-state index is 5.65. The molecule has 1 saturated carbocycles. The summed E-state index contributed by atoms with van der Waals surface area (Å²) >= 11 is 0. The van der Waals surface area contributed by atoms with E-state index >= 15 is 0 Å². The molecule has 0 bridgehead atoms. The molecule has 1 aliphatic carbocycles. The van der Waals surface area contributed by atoms with Crippen LogP contribution in [-0.2, 0) is 6.54 Å². The molecule has 6 heteroatoms. The highest BCUT2D eigenvalue weighted by Crippen LogP contribution is 2.33. The summed E-state index contributed by atoms with van der Waals surface area (Å²) in [7, 11) is 0. The monoisotopic (exact) mass is 354 g/mol. The summed E-state index contributed by atoms with van der Waals surface area (Å²) in [5.41, 5.74) is 14.1. The van der Waals surface area contributed by atoms with Gasteiger partial charge < -0.3 is 16.8 Å². The Morgan fingerprint density at radius 3 is 2.15 bits per heavy atom. The van der Waals surface area contributed by atoms with Gasteiger partial charge in [0.05, 0.1) is 6.54 Å². The number of nitrogens with two attached hydrogens (primary N) is 2. The van der Waals surface area contributed by atoms with Crippen LogP contribution in [-0.4, -0.2) is 15.0 Å². The second kappa shape index (κ2) is 8.45. The van der Waals surface area contributed by atoms with Crippen LogP contribution in [0, 0.1) is 5.92 Å². The molecule has 1 heterocycles. The lowest BCUT2D eigenvalue weighted by Gasteiger charge is -2.25. The average Bonchev–Trinajstić information content (AvgIpc) is 2.62. The predicted octanol–water partition coefficient (Wildman–Crippen LogP) is 3.57. The zero-order valence-corrected chi connectivity index (χ0v) is 15.8. The zero-order valence-electron chi connectivity index (χ0n) is 15.8. The fourth-order valence-corrected chi connectivity index (χ4v) is 3.89. The Bertz CT molecular complexity index is 686. The number of anilines is 2. The van der Waals surface area contributed by atoms with Crippen LogP contribution < -0.4 is 16.8 Å². The first-order valence-electron chi connectivity index (χ1n) is 9.62. The largest absolute Gasteiger partial charge is 0.368 e. The summed E-state index contributed by atoms with van der Waals surface area (Å²) in [5.74, 6) is 2.06. The van der Waals surface area contributed by atoms with Crippen molar-refractivity contribution >= 4 is 11.9 Å². The Balaban J connectivity index is 1.68. The van der Waals surface area contributed by atoms with Crippen LogP contribution in [0.25, 0.3) is 0 Å². The van der Waals surface area contributed by atoms with Crippen molar-refractivity contribution in [3.63, 3.8) is 0 Å². The van der Waals surface area contributed by atoms with Crippen LogP contribution in [0.15, 0.2) is 24.3 Å². The van der Waals surface area contributed by atoms with E-state index in [1.165, 1.54) is 43.2 Å². The van der Waals surface area contributed by atoms with Crippen LogP contribution in [0.5, 0.6) is 0 Å². The number of nitrogens with one attached hydrogen (secondary N) is 1. The molecule has 1 fully saturated rings. The molecule has 0 radical (unpaired) electrons. The molecule has 0 spiro atoms. The summed E-state index contributed by atoms with van der Waals surface area (Å²) < 4.78 is 0. The average molecular weight is 355 g/mol. The van der Waals surface area contributed by atoms with Crippen LogP contribution in [0.2, 0.25) is 0 Å². The molecule has 140 valence electrons. The van der Waals surface area contributed by atoms with Gasteiger partial charge in [-0.15, -0.1) is 0 Å².